The quantitative estimate of drug-likeness (QED) is 0.783. The van der Waals surface area contributed by atoms with Gasteiger partial charge in [-0.2, -0.15) is 0 Å². The lowest BCUT2D eigenvalue weighted by Crippen LogP contribution is -2.32. The predicted octanol–water partition coefficient (Wildman–Crippen LogP) is 2.91. The van der Waals surface area contributed by atoms with Crippen LogP contribution in [0.3, 0.4) is 0 Å². The maximum absolute atomic E-state index is 13.7. The van der Waals surface area contributed by atoms with E-state index in [0.717, 1.165) is 17.7 Å². The first kappa shape index (κ1) is 21.0. The summed E-state index contributed by atoms with van der Waals surface area (Å²) in [7, 11) is -2.25. The van der Waals surface area contributed by atoms with Gasteiger partial charge < -0.3 is 4.90 Å². The van der Waals surface area contributed by atoms with Crippen LogP contribution in [-0.2, 0) is 21.4 Å². The smallest absolute Gasteiger partial charge is 0.240 e. The van der Waals surface area contributed by atoms with Crippen LogP contribution in [0.15, 0.2) is 41.3 Å². The van der Waals surface area contributed by atoms with E-state index in [2.05, 4.69) is 4.72 Å². The van der Waals surface area contributed by atoms with Gasteiger partial charge in [0.05, 0.1) is 4.90 Å². The molecule has 0 aromatic heterocycles. The molecule has 2 aromatic carbocycles. The van der Waals surface area contributed by atoms with Gasteiger partial charge >= 0.3 is 0 Å². The number of hydrogen-bond donors (Lipinski definition) is 1. The van der Waals surface area contributed by atoms with Crippen LogP contribution in [0.4, 0.5) is 8.78 Å². The number of carbonyl (C=O) groups is 1. The minimum absolute atomic E-state index is 0.0331. The Morgan fingerprint density at radius 3 is 2.48 bits per heavy atom. The minimum atomic E-state index is -3.73. The van der Waals surface area contributed by atoms with Crippen molar-refractivity contribution in [3.8, 4) is 0 Å². The highest BCUT2D eigenvalue weighted by Gasteiger charge is 2.18. The van der Waals surface area contributed by atoms with Crippen molar-refractivity contribution >= 4 is 15.9 Å². The van der Waals surface area contributed by atoms with Gasteiger partial charge in [-0.15, -0.1) is 0 Å². The summed E-state index contributed by atoms with van der Waals surface area (Å²) in [6.07, 6.45) is -0.0800. The number of nitrogens with zero attached hydrogens (tertiary/aromatic N) is 1. The fourth-order valence-corrected chi connectivity index (χ4v) is 3.91. The van der Waals surface area contributed by atoms with Gasteiger partial charge in [0.25, 0.3) is 0 Å². The van der Waals surface area contributed by atoms with Gasteiger partial charge in [0.2, 0.25) is 15.9 Å². The Labute approximate surface area is 158 Å². The lowest BCUT2D eigenvalue weighted by Gasteiger charge is -2.18. The van der Waals surface area contributed by atoms with E-state index in [4.69, 9.17) is 0 Å². The monoisotopic (exact) mass is 396 g/mol. The molecule has 146 valence electrons. The van der Waals surface area contributed by atoms with Gasteiger partial charge in [-0.05, 0) is 37.1 Å². The number of carbonyl (C=O) groups excluding carboxylic acids is 1. The summed E-state index contributed by atoms with van der Waals surface area (Å²) in [5, 5.41) is 0. The molecule has 2 aromatic rings. The van der Waals surface area contributed by atoms with E-state index in [0.29, 0.717) is 5.56 Å². The highest BCUT2D eigenvalue weighted by molar-refractivity contribution is 7.89. The Balaban J connectivity index is 1.93. The molecule has 8 heteroatoms. The van der Waals surface area contributed by atoms with Crippen molar-refractivity contribution in [3.05, 3.63) is 64.7 Å². The van der Waals surface area contributed by atoms with E-state index in [9.17, 15) is 22.0 Å². The number of aryl methyl sites for hydroxylation is 2. The summed E-state index contributed by atoms with van der Waals surface area (Å²) in [6.45, 7) is 3.38. The zero-order valence-corrected chi connectivity index (χ0v) is 16.2. The molecular formula is C19H22F2N2O3S. The third kappa shape index (κ3) is 5.58. The van der Waals surface area contributed by atoms with E-state index in [-0.39, 0.29) is 35.9 Å². The van der Waals surface area contributed by atoms with E-state index in [1.54, 1.807) is 26.0 Å². The van der Waals surface area contributed by atoms with Gasteiger partial charge in [-0.25, -0.2) is 21.9 Å². The van der Waals surface area contributed by atoms with Crippen LogP contribution in [0, 0.1) is 25.5 Å². The molecule has 0 aliphatic heterocycles. The van der Waals surface area contributed by atoms with Gasteiger partial charge in [0, 0.05) is 38.2 Å². The van der Waals surface area contributed by atoms with Crippen molar-refractivity contribution in [2.45, 2.75) is 31.7 Å². The highest BCUT2D eigenvalue weighted by Crippen LogP contribution is 2.16. The largest absolute Gasteiger partial charge is 0.341 e. The maximum atomic E-state index is 13.7. The van der Waals surface area contributed by atoms with Crippen LogP contribution in [0.5, 0.6) is 0 Å². The maximum Gasteiger partial charge on any atom is 0.240 e. The number of halogens is 2. The third-order valence-corrected chi connectivity index (χ3v) is 5.72. The van der Waals surface area contributed by atoms with Crippen molar-refractivity contribution in [1.82, 2.24) is 9.62 Å². The number of benzene rings is 2. The Morgan fingerprint density at radius 1 is 1.11 bits per heavy atom. The molecule has 1 N–H and O–H groups in total. The third-order valence-electron chi connectivity index (χ3n) is 4.11. The summed E-state index contributed by atoms with van der Waals surface area (Å²) in [4.78, 5) is 13.6. The van der Waals surface area contributed by atoms with E-state index < -0.39 is 21.7 Å². The second kappa shape index (κ2) is 8.58. The van der Waals surface area contributed by atoms with Crippen LogP contribution in [0.25, 0.3) is 0 Å². The molecule has 27 heavy (non-hydrogen) atoms. The molecule has 0 radical (unpaired) electrons. The first-order chi connectivity index (χ1) is 12.6. The van der Waals surface area contributed by atoms with Gasteiger partial charge in [-0.3, -0.25) is 4.79 Å². The van der Waals surface area contributed by atoms with E-state index in [1.807, 2.05) is 6.07 Å². The molecule has 0 saturated heterocycles. The molecule has 2 rings (SSSR count). The van der Waals surface area contributed by atoms with Crippen LogP contribution in [-0.4, -0.2) is 32.8 Å². The Bertz CT molecular complexity index is 946. The minimum Gasteiger partial charge on any atom is -0.341 e. The van der Waals surface area contributed by atoms with Crippen LogP contribution in [0.2, 0.25) is 0 Å². The van der Waals surface area contributed by atoms with Crippen molar-refractivity contribution in [1.29, 1.82) is 0 Å². The predicted molar refractivity (Wildman–Crippen MR) is 98.6 cm³/mol. The number of nitrogens with one attached hydrogen (secondary N) is 1. The molecule has 5 nitrogen and oxygen atoms in total. The molecule has 0 unspecified atom stereocenters. The molecule has 0 atom stereocenters. The lowest BCUT2D eigenvalue weighted by molar-refractivity contribution is -0.130. The fraction of sp³-hybridized carbons (Fsp3) is 0.316. The molecule has 0 aliphatic rings. The first-order valence-electron chi connectivity index (χ1n) is 8.35. The molecule has 0 saturated carbocycles. The van der Waals surface area contributed by atoms with Gasteiger partial charge in [0.15, 0.2) is 0 Å². The SMILES string of the molecule is Cc1ccc(C)c(S(=O)(=O)NCCC(=O)N(C)Cc2ccc(F)cc2F)c1. The summed E-state index contributed by atoms with van der Waals surface area (Å²) in [5.74, 6) is -1.78. The fourth-order valence-electron chi connectivity index (χ4n) is 2.55. The van der Waals surface area contributed by atoms with Crippen molar-refractivity contribution < 1.29 is 22.0 Å². The number of hydrogen-bond acceptors (Lipinski definition) is 3. The zero-order valence-electron chi connectivity index (χ0n) is 15.4. The van der Waals surface area contributed by atoms with E-state index >= 15 is 0 Å². The molecule has 0 spiro atoms. The summed E-state index contributed by atoms with van der Waals surface area (Å²) < 4.78 is 53.8. The van der Waals surface area contributed by atoms with Gasteiger partial charge in [-0.1, -0.05) is 18.2 Å². The average Bonchev–Trinajstić information content (AvgIpc) is 2.59. The Hall–Kier alpha value is -2.32. The normalized spacial score (nSPS) is 11.4. The zero-order chi connectivity index (χ0) is 20.2. The molecule has 1 amide bonds. The van der Waals surface area contributed by atoms with Gasteiger partial charge in [0.1, 0.15) is 11.6 Å². The average molecular weight is 396 g/mol. The van der Waals surface area contributed by atoms with Crippen molar-refractivity contribution in [2.75, 3.05) is 13.6 Å². The molecule has 0 bridgehead atoms. The second-order valence-corrected chi connectivity index (χ2v) is 8.14. The Morgan fingerprint density at radius 2 is 1.81 bits per heavy atom. The molecule has 0 heterocycles. The topological polar surface area (TPSA) is 66.5 Å². The van der Waals surface area contributed by atoms with E-state index in [1.165, 1.54) is 18.0 Å². The molecule has 0 aliphatic carbocycles. The Kier molecular flexibility index (Phi) is 6.67. The number of amides is 1. The summed E-state index contributed by atoms with van der Waals surface area (Å²) in [5.41, 5.74) is 1.62. The number of rotatable bonds is 7. The standard InChI is InChI=1S/C19H22F2N2O3S/c1-13-4-5-14(2)18(10-13)27(25,26)22-9-8-19(24)23(3)12-15-6-7-16(20)11-17(15)21/h4-7,10-11,22H,8-9,12H2,1-3H3. The second-order valence-electron chi connectivity index (χ2n) is 6.40. The highest BCUT2D eigenvalue weighted by atomic mass is 32.2. The summed E-state index contributed by atoms with van der Waals surface area (Å²) >= 11 is 0. The first-order valence-corrected chi connectivity index (χ1v) is 9.83. The lowest BCUT2D eigenvalue weighted by atomic mass is 10.2. The number of sulfonamides is 1. The van der Waals surface area contributed by atoms with Crippen molar-refractivity contribution in [2.24, 2.45) is 0 Å². The molecular weight excluding hydrogens is 374 g/mol. The molecule has 0 fully saturated rings. The summed E-state index contributed by atoms with van der Waals surface area (Å²) in [6, 6.07) is 8.27. The van der Waals surface area contributed by atoms with Crippen LogP contribution < -0.4 is 4.72 Å². The van der Waals surface area contributed by atoms with Crippen LogP contribution >= 0.6 is 0 Å². The van der Waals surface area contributed by atoms with Crippen molar-refractivity contribution in [3.63, 3.8) is 0 Å². The van der Waals surface area contributed by atoms with Crippen LogP contribution in [0.1, 0.15) is 23.1 Å².